The van der Waals surface area contributed by atoms with E-state index in [9.17, 15) is 15.2 Å². The smallest absolute Gasteiger partial charge is 0.271 e. The Hall–Kier alpha value is -1.86. The topological polar surface area (TPSA) is 102 Å². The maximum absolute atomic E-state index is 10.6. The highest BCUT2D eigenvalue weighted by Gasteiger charge is 2.16. The Kier molecular flexibility index (Phi) is 5.35. The summed E-state index contributed by atoms with van der Waals surface area (Å²) in [4.78, 5) is 12.3. The normalized spacial score (nSPS) is 17.4. The van der Waals surface area contributed by atoms with E-state index >= 15 is 0 Å². The van der Waals surface area contributed by atoms with Crippen molar-refractivity contribution in [1.29, 1.82) is 0 Å². The molecule has 1 saturated heterocycles. The number of piperidine rings is 1. The molecule has 0 bridgehead atoms. The Morgan fingerprint density at radius 2 is 2.10 bits per heavy atom. The van der Waals surface area contributed by atoms with Crippen molar-refractivity contribution in [2.24, 2.45) is 0 Å². The van der Waals surface area contributed by atoms with Gasteiger partial charge < -0.3 is 20.5 Å². The second-order valence-electron chi connectivity index (χ2n) is 5.31. The molecule has 2 rings (SSSR count). The van der Waals surface area contributed by atoms with Gasteiger partial charge in [-0.25, -0.2) is 0 Å². The number of ether oxygens (including phenoxy) is 1. The summed E-state index contributed by atoms with van der Waals surface area (Å²) in [5.41, 5.74) is 5.84. The number of β-amino-alcohol motifs (C(OH)–C–C–N with tert-alkyl or cyclic N) is 1. The van der Waals surface area contributed by atoms with Crippen LogP contribution in [-0.2, 0) is 0 Å². The highest BCUT2D eigenvalue weighted by molar-refractivity contribution is 5.58. The van der Waals surface area contributed by atoms with Gasteiger partial charge in [-0.05, 0) is 32.0 Å². The van der Waals surface area contributed by atoms with E-state index in [0.717, 1.165) is 13.1 Å². The van der Waals surface area contributed by atoms with Gasteiger partial charge in [-0.1, -0.05) is 6.42 Å². The van der Waals surface area contributed by atoms with E-state index in [1.165, 1.54) is 37.5 Å². The van der Waals surface area contributed by atoms with Crippen LogP contribution in [0.5, 0.6) is 5.75 Å². The number of nitro groups is 1. The number of aliphatic hydroxyl groups is 1. The zero-order chi connectivity index (χ0) is 15.2. The number of likely N-dealkylation sites (tertiary alicyclic amines) is 1. The van der Waals surface area contributed by atoms with Crippen LogP contribution >= 0.6 is 0 Å². The molecule has 3 N–H and O–H groups in total. The van der Waals surface area contributed by atoms with Crippen molar-refractivity contribution >= 4 is 11.4 Å². The van der Waals surface area contributed by atoms with Crippen LogP contribution in [0.1, 0.15) is 19.3 Å². The number of hydrogen-bond acceptors (Lipinski definition) is 6. The van der Waals surface area contributed by atoms with Gasteiger partial charge in [-0.3, -0.25) is 10.1 Å². The lowest BCUT2D eigenvalue weighted by molar-refractivity contribution is -0.384. The number of nitrogen functional groups attached to an aromatic ring is 1. The van der Waals surface area contributed by atoms with Gasteiger partial charge in [0.05, 0.1) is 10.6 Å². The van der Waals surface area contributed by atoms with Crippen molar-refractivity contribution in [1.82, 2.24) is 4.90 Å². The number of nitrogens with two attached hydrogens (primary N) is 1. The molecule has 7 nitrogen and oxygen atoms in total. The molecule has 0 radical (unpaired) electrons. The first-order valence-corrected chi connectivity index (χ1v) is 7.13. The van der Waals surface area contributed by atoms with Gasteiger partial charge in [0.2, 0.25) is 0 Å². The third-order valence-electron chi connectivity index (χ3n) is 3.55. The third-order valence-corrected chi connectivity index (χ3v) is 3.55. The maximum Gasteiger partial charge on any atom is 0.271 e. The fourth-order valence-corrected chi connectivity index (χ4v) is 2.46. The molecule has 116 valence electrons. The van der Waals surface area contributed by atoms with E-state index in [0.29, 0.717) is 12.3 Å². The molecule has 1 fully saturated rings. The van der Waals surface area contributed by atoms with Crippen molar-refractivity contribution in [3.05, 3.63) is 28.3 Å². The summed E-state index contributed by atoms with van der Waals surface area (Å²) in [5.74, 6) is 0.360. The number of non-ortho nitro benzene ring substituents is 1. The van der Waals surface area contributed by atoms with Gasteiger partial charge in [0.1, 0.15) is 18.5 Å². The van der Waals surface area contributed by atoms with Gasteiger partial charge in [0.15, 0.2) is 0 Å². The molecule has 1 aliphatic heterocycles. The molecule has 1 unspecified atom stereocenters. The van der Waals surface area contributed by atoms with Gasteiger partial charge in [-0.2, -0.15) is 0 Å². The second kappa shape index (κ2) is 7.24. The molecule has 1 aromatic carbocycles. The SMILES string of the molecule is Nc1cc([N+](=O)[O-])ccc1OCC(O)CN1CCCCC1. The molecule has 0 aromatic heterocycles. The Morgan fingerprint density at radius 3 is 2.71 bits per heavy atom. The molecule has 0 aliphatic carbocycles. The van der Waals surface area contributed by atoms with E-state index in [2.05, 4.69) is 4.90 Å². The van der Waals surface area contributed by atoms with Crippen LogP contribution in [0.25, 0.3) is 0 Å². The number of aliphatic hydroxyl groups excluding tert-OH is 1. The zero-order valence-electron chi connectivity index (χ0n) is 11.9. The van der Waals surface area contributed by atoms with Crippen molar-refractivity contribution in [3.8, 4) is 5.75 Å². The van der Waals surface area contributed by atoms with Crippen LogP contribution < -0.4 is 10.5 Å². The average molecular weight is 295 g/mol. The summed E-state index contributed by atoms with van der Waals surface area (Å²) in [6.45, 7) is 2.72. The van der Waals surface area contributed by atoms with Crippen molar-refractivity contribution < 1.29 is 14.8 Å². The lowest BCUT2D eigenvalue weighted by Crippen LogP contribution is -2.38. The third kappa shape index (κ3) is 4.57. The molecule has 0 saturated carbocycles. The highest BCUT2D eigenvalue weighted by Crippen LogP contribution is 2.26. The number of nitro benzene ring substituents is 1. The Balaban J connectivity index is 1.83. The quantitative estimate of drug-likeness (QED) is 0.467. The first-order valence-electron chi connectivity index (χ1n) is 7.13. The first kappa shape index (κ1) is 15.5. The maximum atomic E-state index is 10.6. The number of rotatable bonds is 6. The largest absolute Gasteiger partial charge is 0.489 e. The molecule has 21 heavy (non-hydrogen) atoms. The second-order valence-corrected chi connectivity index (χ2v) is 5.31. The summed E-state index contributed by atoms with van der Waals surface area (Å²) < 4.78 is 5.45. The average Bonchev–Trinajstić information content (AvgIpc) is 2.47. The molecule has 1 atom stereocenters. The summed E-state index contributed by atoms with van der Waals surface area (Å²) in [7, 11) is 0. The van der Waals surface area contributed by atoms with Crippen LogP contribution in [0.3, 0.4) is 0 Å². The minimum atomic E-state index is -0.599. The van der Waals surface area contributed by atoms with Crippen LogP contribution in [0.4, 0.5) is 11.4 Å². The lowest BCUT2D eigenvalue weighted by atomic mass is 10.1. The summed E-state index contributed by atoms with van der Waals surface area (Å²) in [6.07, 6.45) is 2.99. The van der Waals surface area contributed by atoms with E-state index in [4.69, 9.17) is 10.5 Å². The standard InChI is InChI=1S/C14H21N3O4/c15-13-8-11(17(19)20)4-5-14(13)21-10-12(18)9-16-6-2-1-3-7-16/h4-5,8,12,18H,1-3,6-7,9-10,15H2. The molecule has 1 heterocycles. The van der Waals surface area contributed by atoms with Crippen LogP contribution in [0, 0.1) is 10.1 Å². The molecular weight excluding hydrogens is 274 g/mol. The van der Waals surface area contributed by atoms with Crippen molar-refractivity contribution in [2.75, 3.05) is 32.0 Å². The summed E-state index contributed by atoms with van der Waals surface area (Å²) in [5, 5.41) is 20.6. The molecule has 0 amide bonds. The van der Waals surface area contributed by atoms with Crippen molar-refractivity contribution in [2.45, 2.75) is 25.4 Å². The number of anilines is 1. The zero-order valence-corrected chi connectivity index (χ0v) is 11.9. The van der Waals surface area contributed by atoms with E-state index in [1.54, 1.807) is 0 Å². The van der Waals surface area contributed by atoms with E-state index < -0.39 is 11.0 Å². The number of benzene rings is 1. The minimum absolute atomic E-state index is 0.0753. The fraction of sp³-hybridized carbons (Fsp3) is 0.571. The van der Waals surface area contributed by atoms with Crippen LogP contribution in [-0.4, -0.2) is 47.3 Å². The highest BCUT2D eigenvalue weighted by atomic mass is 16.6. The fourth-order valence-electron chi connectivity index (χ4n) is 2.46. The van der Waals surface area contributed by atoms with Gasteiger partial charge in [0.25, 0.3) is 5.69 Å². The van der Waals surface area contributed by atoms with Gasteiger partial charge >= 0.3 is 0 Å². The summed E-state index contributed by atoms with van der Waals surface area (Å²) in [6, 6.07) is 4.05. The Bertz CT molecular complexity index is 489. The minimum Gasteiger partial charge on any atom is -0.489 e. The van der Waals surface area contributed by atoms with Crippen LogP contribution in [0.15, 0.2) is 18.2 Å². The van der Waals surface area contributed by atoms with E-state index in [-0.39, 0.29) is 18.0 Å². The lowest BCUT2D eigenvalue weighted by Gasteiger charge is -2.28. The van der Waals surface area contributed by atoms with E-state index in [1.807, 2.05) is 0 Å². The first-order chi connectivity index (χ1) is 10.1. The predicted octanol–water partition coefficient (Wildman–Crippen LogP) is 1.40. The number of nitrogens with zero attached hydrogens (tertiary/aromatic N) is 2. The van der Waals surface area contributed by atoms with Crippen LogP contribution in [0.2, 0.25) is 0 Å². The Morgan fingerprint density at radius 1 is 1.38 bits per heavy atom. The number of hydrogen-bond donors (Lipinski definition) is 2. The molecule has 0 spiro atoms. The predicted molar refractivity (Wildman–Crippen MR) is 79.3 cm³/mol. The molecular formula is C14H21N3O4. The Labute approximate surface area is 123 Å². The summed E-state index contributed by atoms with van der Waals surface area (Å²) >= 11 is 0. The molecule has 7 heteroatoms. The molecule has 1 aliphatic rings. The van der Waals surface area contributed by atoms with Crippen molar-refractivity contribution in [3.63, 3.8) is 0 Å². The molecule has 1 aromatic rings. The van der Waals surface area contributed by atoms with Gasteiger partial charge in [-0.15, -0.1) is 0 Å². The monoisotopic (exact) mass is 295 g/mol. The van der Waals surface area contributed by atoms with Gasteiger partial charge in [0, 0.05) is 18.7 Å².